The number of aryl methyl sites for hydroxylation is 2. The third kappa shape index (κ3) is 4.23. The Morgan fingerprint density at radius 3 is 3.00 bits per heavy atom. The average molecular weight is 373 g/mol. The first kappa shape index (κ1) is 18.8. The van der Waals surface area contributed by atoms with E-state index in [0.29, 0.717) is 6.54 Å². The molecular formula is C20H25ClN4O. The first-order valence-corrected chi connectivity index (χ1v) is 9.06. The van der Waals surface area contributed by atoms with E-state index >= 15 is 0 Å². The molecule has 2 heterocycles. The number of carbonyl (C=O) groups is 1. The minimum atomic E-state index is 0. The van der Waals surface area contributed by atoms with E-state index in [1.165, 1.54) is 17.5 Å². The Morgan fingerprint density at radius 2 is 2.15 bits per heavy atom. The number of nitrogens with zero attached hydrogens (tertiary/aromatic N) is 2. The number of fused-ring (bicyclic) bond motifs is 1. The highest BCUT2D eigenvalue weighted by atomic mass is 35.5. The van der Waals surface area contributed by atoms with Crippen LogP contribution in [0, 0.1) is 0 Å². The van der Waals surface area contributed by atoms with E-state index in [2.05, 4.69) is 38.7 Å². The number of piperazine rings is 1. The van der Waals surface area contributed by atoms with Crippen molar-refractivity contribution in [3.8, 4) is 0 Å². The first-order valence-electron chi connectivity index (χ1n) is 9.06. The molecule has 1 aromatic heterocycles. The van der Waals surface area contributed by atoms with Crippen molar-refractivity contribution >= 4 is 24.0 Å². The van der Waals surface area contributed by atoms with Crippen LogP contribution in [0.25, 0.3) is 0 Å². The van der Waals surface area contributed by atoms with Gasteiger partial charge in [-0.05, 0) is 54.2 Å². The molecule has 2 aromatic rings. The van der Waals surface area contributed by atoms with Gasteiger partial charge < -0.3 is 10.6 Å². The van der Waals surface area contributed by atoms with E-state index in [9.17, 15) is 4.79 Å². The molecular weight excluding hydrogens is 348 g/mol. The molecule has 0 spiro atoms. The maximum Gasteiger partial charge on any atom is 0.238 e. The molecule has 2 aliphatic rings. The summed E-state index contributed by atoms with van der Waals surface area (Å²) in [7, 11) is 0. The number of benzene rings is 1. The minimum Gasteiger partial charge on any atom is -0.325 e. The molecule has 1 fully saturated rings. The zero-order valence-electron chi connectivity index (χ0n) is 14.8. The Morgan fingerprint density at radius 1 is 1.27 bits per heavy atom. The molecule has 1 unspecified atom stereocenters. The van der Waals surface area contributed by atoms with Crippen molar-refractivity contribution in [2.75, 3.05) is 31.5 Å². The lowest BCUT2D eigenvalue weighted by Gasteiger charge is -2.35. The van der Waals surface area contributed by atoms with Gasteiger partial charge in [0, 0.05) is 43.8 Å². The van der Waals surface area contributed by atoms with Crippen molar-refractivity contribution in [2.45, 2.75) is 25.3 Å². The lowest BCUT2D eigenvalue weighted by Crippen LogP contribution is -2.48. The lowest BCUT2D eigenvalue weighted by molar-refractivity contribution is -0.118. The van der Waals surface area contributed by atoms with Gasteiger partial charge in [-0.15, -0.1) is 12.4 Å². The molecule has 1 aromatic carbocycles. The molecule has 0 saturated carbocycles. The smallest absolute Gasteiger partial charge is 0.238 e. The van der Waals surface area contributed by atoms with Crippen LogP contribution in [0.1, 0.15) is 29.2 Å². The molecule has 1 aliphatic heterocycles. The molecule has 138 valence electrons. The summed E-state index contributed by atoms with van der Waals surface area (Å²) in [6.07, 6.45) is 7.19. The summed E-state index contributed by atoms with van der Waals surface area (Å²) in [5.74, 6) is 0.0498. The Hall–Kier alpha value is -1.95. The molecule has 1 atom stereocenters. The summed E-state index contributed by atoms with van der Waals surface area (Å²) in [5.41, 5.74) is 4.88. The fraction of sp³-hybridized carbons (Fsp3) is 0.400. The van der Waals surface area contributed by atoms with Gasteiger partial charge >= 0.3 is 0 Å². The second-order valence-corrected chi connectivity index (χ2v) is 6.86. The fourth-order valence-corrected chi connectivity index (χ4v) is 3.87. The zero-order valence-corrected chi connectivity index (χ0v) is 15.6. The molecule has 1 aliphatic carbocycles. The van der Waals surface area contributed by atoms with Crippen LogP contribution in [0.4, 0.5) is 5.69 Å². The van der Waals surface area contributed by atoms with Crippen molar-refractivity contribution in [1.29, 1.82) is 0 Å². The fourth-order valence-electron chi connectivity index (χ4n) is 3.87. The van der Waals surface area contributed by atoms with E-state index < -0.39 is 0 Å². The standard InChI is InChI=1S/C20H24N4O.ClH/c25-20(23-18-7-6-15-3-1-4-16(15)11-18)14-24-10-9-22-13-19(24)17-5-2-8-21-12-17;/h2,5-8,11-12,19,22H,1,3-4,9-10,13-14H2,(H,23,25);1H. The van der Waals surface area contributed by atoms with E-state index in [-0.39, 0.29) is 24.4 Å². The lowest BCUT2D eigenvalue weighted by atomic mass is 10.1. The van der Waals surface area contributed by atoms with Crippen LogP contribution >= 0.6 is 12.4 Å². The number of halogens is 1. The summed E-state index contributed by atoms with van der Waals surface area (Å²) in [5, 5.41) is 6.49. The summed E-state index contributed by atoms with van der Waals surface area (Å²) >= 11 is 0. The monoisotopic (exact) mass is 372 g/mol. The van der Waals surface area contributed by atoms with E-state index in [0.717, 1.165) is 43.7 Å². The third-order valence-electron chi connectivity index (χ3n) is 5.15. The summed E-state index contributed by atoms with van der Waals surface area (Å²) in [4.78, 5) is 19.0. The maximum absolute atomic E-state index is 12.6. The van der Waals surface area contributed by atoms with Crippen LogP contribution in [0.5, 0.6) is 0 Å². The molecule has 1 amide bonds. The minimum absolute atomic E-state index is 0. The molecule has 1 saturated heterocycles. The van der Waals surface area contributed by atoms with E-state index in [1.807, 2.05) is 18.3 Å². The summed E-state index contributed by atoms with van der Waals surface area (Å²) < 4.78 is 0. The average Bonchev–Trinajstić information content (AvgIpc) is 3.10. The predicted molar refractivity (Wildman–Crippen MR) is 106 cm³/mol. The predicted octanol–water partition coefficient (Wildman–Crippen LogP) is 2.58. The van der Waals surface area contributed by atoms with Gasteiger partial charge in [0.1, 0.15) is 0 Å². The maximum atomic E-state index is 12.6. The van der Waals surface area contributed by atoms with Gasteiger partial charge in [0.05, 0.1) is 6.54 Å². The number of amides is 1. The third-order valence-corrected chi connectivity index (χ3v) is 5.15. The number of anilines is 1. The highest BCUT2D eigenvalue weighted by molar-refractivity contribution is 5.92. The molecule has 4 rings (SSSR count). The second kappa shape index (κ2) is 8.62. The highest BCUT2D eigenvalue weighted by Crippen LogP contribution is 2.25. The topological polar surface area (TPSA) is 57.3 Å². The van der Waals surface area contributed by atoms with Crippen LogP contribution in [-0.2, 0) is 17.6 Å². The van der Waals surface area contributed by atoms with Crippen molar-refractivity contribution < 1.29 is 4.79 Å². The molecule has 6 heteroatoms. The molecule has 5 nitrogen and oxygen atoms in total. The molecule has 0 radical (unpaired) electrons. The number of nitrogens with one attached hydrogen (secondary N) is 2. The van der Waals surface area contributed by atoms with E-state index in [4.69, 9.17) is 0 Å². The normalized spacial score (nSPS) is 19.5. The highest BCUT2D eigenvalue weighted by Gasteiger charge is 2.25. The van der Waals surface area contributed by atoms with Gasteiger partial charge in [-0.25, -0.2) is 0 Å². The van der Waals surface area contributed by atoms with Crippen LogP contribution in [0.3, 0.4) is 0 Å². The molecule has 26 heavy (non-hydrogen) atoms. The van der Waals surface area contributed by atoms with Gasteiger partial charge in [0.25, 0.3) is 0 Å². The summed E-state index contributed by atoms with van der Waals surface area (Å²) in [6, 6.07) is 10.5. The number of hydrogen-bond donors (Lipinski definition) is 2. The van der Waals surface area contributed by atoms with Crippen molar-refractivity contribution in [2.24, 2.45) is 0 Å². The zero-order chi connectivity index (χ0) is 17.1. The quantitative estimate of drug-likeness (QED) is 0.866. The number of hydrogen-bond acceptors (Lipinski definition) is 4. The van der Waals surface area contributed by atoms with Crippen LogP contribution in [-0.4, -0.2) is 42.0 Å². The Labute approximate surface area is 160 Å². The first-order chi connectivity index (χ1) is 12.3. The van der Waals surface area contributed by atoms with Gasteiger partial charge in [-0.3, -0.25) is 14.7 Å². The Bertz CT molecular complexity index is 753. The van der Waals surface area contributed by atoms with Crippen molar-refractivity contribution in [3.05, 3.63) is 59.4 Å². The molecule has 0 bridgehead atoms. The number of aromatic nitrogens is 1. The van der Waals surface area contributed by atoms with Gasteiger partial charge in [-0.2, -0.15) is 0 Å². The molecule has 2 N–H and O–H groups in total. The van der Waals surface area contributed by atoms with Gasteiger partial charge in [-0.1, -0.05) is 12.1 Å². The van der Waals surface area contributed by atoms with Gasteiger partial charge in [0.2, 0.25) is 5.91 Å². The summed E-state index contributed by atoms with van der Waals surface area (Å²) in [6.45, 7) is 3.01. The number of rotatable bonds is 4. The Balaban J connectivity index is 0.00000196. The Kier molecular flexibility index (Phi) is 6.25. The van der Waals surface area contributed by atoms with Gasteiger partial charge in [0.15, 0.2) is 0 Å². The van der Waals surface area contributed by atoms with Crippen LogP contribution in [0.2, 0.25) is 0 Å². The SMILES string of the molecule is Cl.O=C(CN1CCNCC1c1cccnc1)Nc1ccc2c(c1)CCC2. The van der Waals surface area contributed by atoms with Crippen LogP contribution in [0.15, 0.2) is 42.7 Å². The van der Waals surface area contributed by atoms with Crippen molar-refractivity contribution in [3.63, 3.8) is 0 Å². The second-order valence-electron chi connectivity index (χ2n) is 6.86. The largest absolute Gasteiger partial charge is 0.325 e. The number of pyridine rings is 1. The number of carbonyl (C=O) groups excluding carboxylic acids is 1. The van der Waals surface area contributed by atoms with E-state index in [1.54, 1.807) is 6.20 Å². The van der Waals surface area contributed by atoms with Crippen molar-refractivity contribution in [1.82, 2.24) is 15.2 Å². The van der Waals surface area contributed by atoms with Crippen LogP contribution < -0.4 is 10.6 Å².